The van der Waals surface area contributed by atoms with Gasteiger partial charge in [-0.25, -0.2) is 0 Å². The maximum absolute atomic E-state index is 10.6. The van der Waals surface area contributed by atoms with Crippen molar-refractivity contribution >= 4 is 16.9 Å². The molecule has 2 aromatic rings. The molecule has 1 aromatic heterocycles. The largest absolute Gasteiger partial charge is 0.542 e. The van der Waals surface area contributed by atoms with Gasteiger partial charge >= 0.3 is 0 Å². The van der Waals surface area contributed by atoms with Crippen molar-refractivity contribution in [1.82, 2.24) is 0 Å². The fourth-order valence-corrected chi connectivity index (χ4v) is 1.41. The van der Waals surface area contributed by atoms with Crippen LogP contribution in [0.4, 0.5) is 0 Å². The van der Waals surface area contributed by atoms with Crippen LogP contribution >= 0.6 is 0 Å². The maximum Gasteiger partial charge on any atom is 0.176 e. The Morgan fingerprint density at radius 3 is 3.00 bits per heavy atom. The van der Waals surface area contributed by atoms with Crippen molar-refractivity contribution < 1.29 is 19.1 Å². The lowest BCUT2D eigenvalue weighted by molar-refractivity contribution is -0.256. The van der Waals surface area contributed by atoms with Crippen LogP contribution in [0.1, 0.15) is 17.5 Å². The van der Waals surface area contributed by atoms with Gasteiger partial charge in [-0.3, -0.25) is 0 Å². The smallest absolute Gasteiger partial charge is 0.176 e. The molecule has 4 heteroatoms. The van der Waals surface area contributed by atoms with Crippen molar-refractivity contribution in [1.29, 1.82) is 0 Å². The first-order valence-corrected chi connectivity index (χ1v) is 4.59. The molecule has 2 rings (SSSR count). The molecule has 0 amide bonds. The van der Waals surface area contributed by atoms with E-state index in [9.17, 15) is 9.90 Å². The van der Waals surface area contributed by atoms with E-state index in [1.807, 2.05) is 6.92 Å². The Morgan fingerprint density at radius 1 is 1.53 bits per heavy atom. The third-order valence-corrected chi connectivity index (χ3v) is 2.01. The van der Waals surface area contributed by atoms with Gasteiger partial charge in [0.05, 0.1) is 6.61 Å². The fourth-order valence-electron chi connectivity index (χ4n) is 1.41. The molecule has 1 aromatic carbocycles. The summed E-state index contributed by atoms with van der Waals surface area (Å²) in [6.07, 6.45) is 0. The Hall–Kier alpha value is -1.97. The number of para-hydroxylation sites is 1. The topological polar surface area (TPSA) is 62.5 Å². The number of fused-ring (bicyclic) bond motifs is 1. The highest BCUT2D eigenvalue weighted by atomic mass is 16.5. The Kier molecular flexibility index (Phi) is 2.33. The molecule has 0 aliphatic heterocycles. The second-order valence-corrected chi connectivity index (χ2v) is 3.01. The fraction of sp³-hybridized carbons (Fsp3) is 0.182. The van der Waals surface area contributed by atoms with Gasteiger partial charge in [0, 0.05) is 5.39 Å². The molecule has 0 saturated heterocycles. The number of carbonyl (C=O) groups is 1. The number of rotatable bonds is 3. The third kappa shape index (κ3) is 1.66. The van der Waals surface area contributed by atoms with Crippen LogP contribution in [0, 0.1) is 0 Å². The SMILES string of the molecule is CCOc1cccc2cc(C(=O)[O-])oc12. The maximum atomic E-state index is 10.6. The van der Waals surface area contributed by atoms with Crippen LogP contribution in [0.5, 0.6) is 5.75 Å². The molecule has 0 bridgehead atoms. The van der Waals surface area contributed by atoms with E-state index in [1.165, 1.54) is 6.07 Å². The number of carboxylic acid groups (broad SMARTS) is 1. The second-order valence-electron chi connectivity index (χ2n) is 3.01. The summed E-state index contributed by atoms with van der Waals surface area (Å²) in [5.74, 6) is -0.965. The van der Waals surface area contributed by atoms with Gasteiger partial charge in [-0.2, -0.15) is 0 Å². The molecule has 0 spiro atoms. The van der Waals surface area contributed by atoms with E-state index >= 15 is 0 Å². The predicted molar refractivity (Wildman–Crippen MR) is 51.7 cm³/mol. The van der Waals surface area contributed by atoms with Crippen molar-refractivity contribution in [2.45, 2.75) is 6.92 Å². The number of carboxylic acids is 1. The van der Waals surface area contributed by atoms with E-state index in [0.717, 1.165) is 0 Å². The highest BCUT2D eigenvalue weighted by Crippen LogP contribution is 2.28. The first kappa shape index (κ1) is 9.58. The van der Waals surface area contributed by atoms with E-state index in [4.69, 9.17) is 9.15 Å². The van der Waals surface area contributed by atoms with Crippen molar-refractivity contribution in [3.63, 3.8) is 0 Å². The highest BCUT2D eigenvalue weighted by molar-refractivity contribution is 5.92. The number of benzene rings is 1. The minimum Gasteiger partial charge on any atom is -0.542 e. The van der Waals surface area contributed by atoms with Crippen LogP contribution in [0.25, 0.3) is 11.0 Å². The third-order valence-electron chi connectivity index (χ3n) is 2.01. The van der Waals surface area contributed by atoms with Gasteiger partial charge in [0.15, 0.2) is 17.1 Å². The van der Waals surface area contributed by atoms with Crippen LogP contribution in [0.2, 0.25) is 0 Å². The molecule has 0 aliphatic carbocycles. The molecular formula is C11H9O4-. The average molecular weight is 205 g/mol. The minimum atomic E-state index is -1.33. The molecule has 0 fully saturated rings. The predicted octanol–water partition coefficient (Wildman–Crippen LogP) is 1.19. The van der Waals surface area contributed by atoms with E-state index in [1.54, 1.807) is 18.2 Å². The van der Waals surface area contributed by atoms with Gasteiger partial charge in [0.2, 0.25) is 0 Å². The second kappa shape index (κ2) is 3.65. The summed E-state index contributed by atoms with van der Waals surface area (Å²) in [4.78, 5) is 10.6. The first-order chi connectivity index (χ1) is 7.22. The van der Waals surface area contributed by atoms with E-state index < -0.39 is 5.97 Å². The molecular weight excluding hydrogens is 196 g/mol. The lowest BCUT2D eigenvalue weighted by Gasteiger charge is -2.02. The zero-order valence-electron chi connectivity index (χ0n) is 8.15. The summed E-state index contributed by atoms with van der Waals surface area (Å²) in [5, 5.41) is 11.3. The van der Waals surface area contributed by atoms with Gasteiger partial charge in [0.1, 0.15) is 5.97 Å². The van der Waals surface area contributed by atoms with Gasteiger partial charge in [-0.1, -0.05) is 12.1 Å². The summed E-state index contributed by atoms with van der Waals surface area (Å²) < 4.78 is 10.4. The van der Waals surface area contributed by atoms with Crippen molar-refractivity contribution in [2.75, 3.05) is 6.61 Å². The molecule has 0 unspecified atom stereocenters. The van der Waals surface area contributed by atoms with Crippen LogP contribution in [-0.2, 0) is 0 Å². The molecule has 1 heterocycles. The van der Waals surface area contributed by atoms with Crippen molar-refractivity contribution in [3.8, 4) is 5.75 Å². The summed E-state index contributed by atoms with van der Waals surface area (Å²) >= 11 is 0. The Labute approximate surface area is 86.1 Å². The van der Waals surface area contributed by atoms with Gasteiger partial charge < -0.3 is 19.1 Å². The quantitative estimate of drug-likeness (QED) is 0.755. The van der Waals surface area contributed by atoms with Crippen LogP contribution in [0.15, 0.2) is 28.7 Å². The molecule has 0 saturated carbocycles. The number of carbonyl (C=O) groups excluding carboxylic acids is 1. The van der Waals surface area contributed by atoms with Gasteiger partial charge in [0.25, 0.3) is 0 Å². The number of hydrogen-bond acceptors (Lipinski definition) is 4. The molecule has 4 nitrogen and oxygen atoms in total. The molecule has 0 radical (unpaired) electrons. The molecule has 0 aliphatic rings. The number of aromatic carboxylic acids is 1. The minimum absolute atomic E-state index is 0.183. The van der Waals surface area contributed by atoms with Crippen LogP contribution in [-0.4, -0.2) is 12.6 Å². The average Bonchev–Trinajstić information content (AvgIpc) is 2.63. The monoisotopic (exact) mass is 205 g/mol. The summed E-state index contributed by atoms with van der Waals surface area (Å²) in [6, 6.07) is 6.69. The van der Waals surface area contributed by atoms with E-state index in [2.05, 4.69) is 0 Å². The van der Waals surface area contributed by atoms with E-state index in [-0.39, 0.29) is 5.76 Å². The molecule has 0 atom stereocenters. The van der Waals surface area contributed by atoms with Crippen molar-refractivity contribution in [3.05, 3.63) is 30.0 Å². The lowest BCUT2D eigenvalue weighted by atomic mass is 10.2. The summed E-state index contributed by atoms with van der Waals surface area (Å²) in [7, 11) is 0. The molecule has 78 valence electrons. The number of furan rings is 1. The van der Waals surface area contributed by atoms with E-state index in [0.29, 0.717) is 23.3 Å². The van der Waals surface area contributed by atoms with Gasteiger partial charge in [-0.15, -0.1) is 0 Å². The molecule has 0 N–H and O–H groups in total. The van der Waals surface area contributed by atoms with Crippen LogP contribution in [0.3, 0.4) is 0 Å². The van der Waals surface area contributed by atoms with Crippen LogP contribution < -0.4 is 9.84 Å². The lowest BCUT2D eigenvalue weighted by Crippen LogP contribution is -2.21. The first-order valence-electron chi connectivity index (χ1n) is 4.59. The van der Waals surface area contributed by atoms with Crippen molar-refractivity contribution in [2.24, 2.45) is 0 Å². The Bertz CT molecular complexity index is 498. The molecule has 15 heavy (non-hydrogen) atoms. The summed E-state index contributed by atoms with van der Waals surface area (Å²) in [6.45, 7) is 2.35. The Balaban J connectivity index is 2.59. The summed E-state index contributed by atoms with van der Waals surface area (Å²) in [5.41, 5.74) is 0.443. The number of hydrogen-bond donors (Lipinski definition) is 0. The normalized spacial score (nSPS) is 10.5. The zero-order valence-corrected chi connectivity index (χ0v) is 8.15. The standard InChI is InChI=1S/C11H10O4/c1-2-14-8-5-3-4-7-6-9(11(12)13)15-10(7)8/h3-6H,2H2,1H3,(H,12,13)/p-1. The Morgan fingerprint density at radius 2 is 2.33 bits per heavy atom. The number of ether oxygens (including phenoxy) is 1. The van der Waals surface area contributed by atoms with Gasteiger partial charge in [-0.05, 0) is 19.1 Å². The zero-order chi connectivity index (χ0) is 10.8. The highest BCUT2D eigenvalue weighted by Gasteiger charge is 2.08.